The lowest BCUT2D eigenvalue weighted by atomic mass is 9.72. The van der Waals surface area contributed by atoms with Crippen molar-refractivity contribution in [3.05, 3.63) is 35.9 Å². The van der Waals surface area contributed by atoms with Crippen LogP contribution in [-0.4, -0.2) is 55.4 Å². The molecule has 2 radical (unpaired) electrons. The molecule has 2 N–H and O–H groups in total. The van der Waals surface area contributed by atoms with Gasteiger partial charge in [-0.1, -0.05) is 30.3 Å². The van der Waals surface area contributed by atoms with Crippen LogP contribution in [0.4, 0.5) is 4.79 Å². The van der Waals surface area contributed by atoms with Crippen molar-refractivity contribution in [3.63, 3.8) is 0 Å². The number of benzene rings is 1. The van der Waals surface area contributed by atoms with Crippen LogP contribution in [-0.2, 0) is 11.3 Å². The molecule has 3 fully saturated rings. The molecule has 1 atom stereocenters. The Hall–Kier alpha value is -1.53. The van der Waals surface area contributed by atoms with E-state index in [0.717, 1.165) is 31.5 Å². The van der Waals surface area contributed by atoms with Crippen LogP contribution in [0.2, 0.25) is 0 Å². The molecule has 0 aromatic heterocycles. The molecule has 1 unspecified atom stereocenters. The van der Waals surface area contributed by atoms with Crippen LogP contribution in [0.1, 0.15) is 18.4 Å². The second kappa shape index (κ2) is 5.93. The highest BCUT2D eigenvalue weighted by Crippen LogP contribution is 2.38. The number of fused-ring (bicyclic) bond motifs is 3. The topological polar surface area (TPSA) is 58.6 Å². The average Bonchev–Trinajstić information content (AvgIpc) is 2.52. The van der Waals surface area contributed by atoms with Crippen molar-refractivity contribution in [1.82, 2.24) is 5.32 Å². The SMILES string of the molecule is [B][N+]12CCC(CC1)C(O)(CNC(=O)OCc1ccccc1)C2. The van der Waals surface area contributed by atoms with E-state index in [9.17, 15) is 9.90 Å². The molecular formula is C16H22BN2O3+. The first-order valence-electron chi connectivity index (χ1n) is 7.81. The smallest absolute Gasteiger partial charge is 0.445 e. The molecule has 22 heavy (non-hydrogen) atoms. The van der Waals surface area contributed by atoms with E-state index < -0.39 is 11.7 Å². The number of alkyl carbamates (subject to hydrolysis) is 1. The highest BCUT2D eigenvalue weighted by molar-refractivity contribution is 5.97. The molecule has 2 bridgehead atoms. The standard InChI is InChI=1S/C16H22BN2O3/c17-19-8-6-14(7-9-19)16(21,12-19)11-18-15(20)22-10-13-4-2-1-3-5-13/h1-5,14,21H,6-12H2,(H,18,20)/q+1. The molecule has 0 spiro atoms. The van der Waals surface area contributed by atoms with Crippen molar-refractivity contribution >= 4 is 14.1 Å². The third kappa shape index (κ3) is 3.28. The summed E-state index contributed by atoms with van der Waals surface area (Å²) in [6.07, 6.45) is 1.32. The number of hydrogen-bond acceptors (Lipinski definition) is 3. The molecule has 116 valence electrons. The van der Waals surface area contributed by atoms with Crippen molar-refractivity contribution in [2.45, 2.75) is 25.0 Å². The van der Waals surface area contributed by atoms with Crippen LogP contribution in [0.25, 0.3) is 0 Å². The zero-order chi connectivity index (χ0) is 15.6. The van der Waals surface area contributed by atoms with Gasteiger partial charge in [0, 0.05) is 18.8 Å². The Morgan fingerprint density at radius 3 is 2.68 bits per heavy atom. The van der Waals surface area contributed by atoms with Gasteiger partial charge in [0.2, 0.25) is 0 Å². The Bertz CT molecular complexity index is 531. The Kier molecular flexibility index (Phi) is 4.15. The molecule has 1 amide bonds. The van der Waals surface area contributed by atoms with E-state index in [1.54, 1.807) is 0 Å². The molecule has 3 aliphatic rings. The molecule has 1 aromatic rings. The number of aliphatic hydroxyl groups is 1. The summed E-state index contributed by atoms with van der Waals surface area (Å²) in [5, 5.41) is 13.5. The molecular weight excluding hydrogens is 279 g/mol. The van der Waals surface area contributed by atoms with Crippen molar-refractivity contribution < 1.29 is 19.0 Å². The van der Waals surface area contributed by atoms with E-state index in [0.29, 0.717) is 10.9 Å². The molecule has 3 aliphatic heterocycles. The monoisotopic (exact) mass is 301 g/mol. The predicted molar refractivity (Wildman–Crippen MR) is 82.9 cm³/mol. The van der Waals surface area contributed by atoms with E-state index in [4.69, 9.17) is 12.7 Å². The largest absolute Gasteiger partial charge is 0.481 e. The van der Waals surface area contributed by atoms with Crippen molar-refractivity contribution in [2.24, 2.45) is 5.92 Å². The van der Waals surface area contributed by atoms with Gasteiger partial charge in [-0.3, -0.25) is 0 Å². The third-order valence-corrected chi connectivity index (χ3v) is 4.95. The maximum atomic E-state index is 11.8. The van der Waals surface area contributed by atoms with E-state index in [1.807, 2.05) is 30.3 Å². The molecule has 6 heteroatoms. The van der Waals surface area contributed by atoms with E-state index >= 15 is 0 Å². The van der Waals surface area contributed by atoms with Crippen LogP contribution in [0.15, 0.2) is 30.3 Å². The van der Waals surface area contributed by atoms with E-state index in [-0.39, 0.29) is 19.1 Å². The van der Waals surface area contributed by atoms with Crippen molar-refractivity contribution in [3.8, 4) is 0 Å². The number of hydrogen-bond donors (Lipinski definition) is 2. The fourth-order valence-electron chi connectivity index (χ4n) is 3.65. The highest BCUT2D eigenvalue weighted by Gasteiger charge is 2.52. The van der Waals surface area contributed by atoms with Gasteiger partial charge in [0.25, 0.3) is 0 Å². The van der Waals surface area contributed by atoms with Gasteiger partial charge < -0.3 is 19.6 Å². The Morgan fingerprint density at radius 2 is 2.05 bits per heavy atom. The summed E-state index contributed by atoms with van der Waals surface area (Å²) in [6, 6.07) is 9.51. The van der Waals surface area contributed by atoms with Gasteiger partial charge in [-0.05, 0) is 5.56 Å². The minimum atomic E-state index is -0.920. The number of ether oxygens (including phenoxy) is 1. The first-order chi connectivity index (χ1) is 10.5. The molecule has 3 saturated heterocycles. The maximum Gasteiger partial charge on any atom is 0.481 e. The van der Waals surface area contributed by atoms with E-state index in [2.05, 4.69) is 5.32 Å². The quantitative estimate of drug-likeness (QED) is 0.815. The number of nitrogens with zero attached hydrogens (tertiary/aromatic N) is 1. The predicted octanol–water partition coefficient (Wildman–Crippen LogP) is 0.968. The van der Waals surface area contributed by atoms with Gasteiger partial charge in [0.15, 0.2) is 0 Å². The Balaban J connectivity index is 1.49. The first kappa shape index (κ1) is 15.4. The van der Waals surface area contributed by atoms with Gasteiger partial charge in [0.1, 0.15) is 12.2 Å². The molecule has 4 rings (SSSR count). The van der Waals surface area contributed by atoms with E-state index in [1.165, 1.54) is 0 Å². The second-order valence-electron chi connectivity index (χ2n) is 6.62. The number of amides is 1. The lowest BCUT2D eigenvalue weighted by Gasteiger charge is -2.55. The number of quaternary nitrogens is 1. The summed E-state index contributed by atoms with van der Waals surface area (Å²) in [5.41, 5.74) is 0.0162. The first-order valence-corrected chi connectivity index (χ1v) is 7.81. The normalized spacial score (nSPS) is 33.4. The number of piperidine rings is 3. The fourth-order valence-corrected chi connectivity index (χ4v) is 3.65. The zero-order valence-electron chi connectivity index (χ0n) is 12.7. The minimum Gasteiger partial charge on any atom is -0.445 e. The van der Waals surface area contributed by atoms with Crippen LogP contribution in [0, 0.1) is 5.92 Å². The lowest BCUT2D eigenvalue weighted by Crippen LogP contribution is -2.70. The van der Waals surface area contributed by atoms with Gasteiger partial charge >= 0.3 is 14.1 Å². The van der Waals surface area contributed by atoms with Crippen LogP contribution < -0.4 is 5.32 Å². The minimum absolute atomic E-state index is 0.197. The molecule has 3 heterocycles. The number of rotatable bonds is 4. The molecule has 5 nitrogen and oxygen atoms in total. The maximum absolute atomic E-state index is 11.8. The number of carbonyl (C=O) groups is 1. The summed E-state index contributed by atoms with van der Waals surface area (Å²) in [6.45, 7) is 2.74. The Labute approximate surface area is 132 Å². The summed E-state index contributed by atoms with van der Waals surface area (Å²) in [4.78, 5) is 11.8. The average molecular weight is 301 g/mol. The van der Waals surface area contributed by atoms with Crippen LogP contribution in [0.3, 0.4) is 0 Å². The number of carbonyl (C=O) groups excluding carboxylic acids is 1. The summed E-state index contributed by atoms with van der Waals surface area (Å²) < 4.78 is 5.58. The molecule has 0 aliphatic carbocycles. The highest BCUT2D eigenvalue weighted by atomic mass is 16.5. The second-order valence-corrected chi connectivity index (χ2v) is 6.62. The molecule has 0 saturated carbocycles. The van der Waals surface area contributed by atoms with Gasteiger partial charge in [-0.2, -0.15) is 0 Å². The zero-order valence-corrected chi connectivity index (χ0v) is 12.7. The summed E-state index contributed by atoms with van der Waals surface area (Å²) in [5.74, 6) is 0.213. The summed E-state index contributed by atoms with van der Waals surface area (Å²) >= 11 is 0. The van der Waals surface area contributed by atoms with Crippen LogP contribution in [0.5, 0.6) is 0 Å². The van der Waals surface area contributed by atoms with Crippen molar-refractivity contribution in [2.75, 3.05) is 26.2 Å². The fraction of sp³-hybridized carbons (Fsp3) is 0.562. The number of nitrogens with one attached hydrogen (secondary N) is 1. The van der Waals surface area contributed by atoms with Crippen LogP contribution >= 0.6 is 0 Å². The van der Waals surface area contributed by atoms with Gasteiger partial charge in [0.05, 0.1) is 26.2 Å². The molecule has 1 aromatic carbocycles. The summed E-state index contributed by atoms with van der Waals surface area (Å²) in [7, 11) is 6.25. The van der Waals surface area contributed by atoms with Gasteiger partial charge in [-0.25, -0.2) is 4.79 Å². The van der Waals surface area contributed by atoms with Gasteiger partial charge in [-0.15, -0.1) is 0 Å². The Morgan fingerprint density at radius 1 is 1.36 bits per heavy atom. The van der Waals surface area contributed by atoms with Crippen molar-refractivity contribution in [1.29, 1.82) is 0 Å². The lowest BCUT2D eigenvalue weighted by molar-refractivity contribution is -0.846. The third-order valence-electron chi connectivity index (χ3n) is 4.95.